The number of fused-ring (bicyclic) bond motifs is 1. The third-order valence-corrected chi connectivity index (χ3v) is 7.10. The maximum absolute atomic E-state index is 12.7. The highest BCUT2D eigenvalue weighted by Gasteiger charge is 2.37. The lowest BCUT2D eigenvalue weighted by molar-refractivity contribution is 0.0940. The van der Waals surface area contributed by atoms with Gasteiger partial charge < -0.3 is 14.8 Å². The molecule has 1 aliphatic carbocycles. The minimum absolute atomic E-state index is 0.0303. The third kappa shape index (κ3) is 3.50. The van der Waals surface area contributed by atoms with E-state index in [1.807, 2.05) is 18.2 Å². The van der Waals surface area contributed by atoms with E-state index in [2.05, 4.69) is 11.4 Å². The zero-order valence-electron chi connectivity index (χ0n) is 15.7. The first-order chi connectivity index (χ1) is 13.5. The molecule has 6 heteroatoms. The fourth-order valence-corrected chi connectivity index (χ4v) is 5.18. The first kappa shape index (κ1) is 18.9. The number of carbonyl (C=O) groups excluding carboxylic acids is 1. The summed E-state index contributed by atoms with van der Waals surface area (Å²) in [4.78, 5) is 27.1. The van der Waals surface area contributed by atoms with E-state index in [0.29, 0.717) is 12.1 Å². The van der Waals surface area contributed by atoms with E-state index < -0.39 is 17.6 Å². The van der Waals surface area contributed by atoms with Gasteiger partial charge in [0.2, 0.25) is 0 Å². The molecule has 0 bridgehead atoms. The molecule has 0 saturated heterocycles. The van der Waals surface area contributed by atoms with E-state index in [1.165, 1.54) is 4.88 Å². The van der Waals surface area contributed by atoms with Gasteiger partial charge in [-0.2, -0.15) is 0 Å². The molecule has 0 spiro atoms. The van der Waals surface area contributed by atoms with Gasteiger partial charge in [0.15, 0.2) is 0 Å². The van der Waals surface area contributed by atoms with Gasteiger partial charge in [0.05, 0.1) is 6.10 Å². The molecule has 1 amide bonds. The summed E-state index contributed by atoms with van der Waals surface area (Å²) in [5.74, 6) is -0.405. The Morgan fingerprint density at radius 3 is 2.71 bits per heavy atom. The topological polar surface area (TPSA) is 79.5 Å². The molecule has 1 saturated carbocycles. The van der Waals surface area contributed by atoms with E-state index in [9.17, 15) is 14.7 Å². The van der Waals surface area contributed by atoms with Crippen LogP contribution in [-0.4, -0.2) is 17.6 Å². The van der Waals surface area contributed by atoms with Crippen LogP contribution >= 0.6 is 11.3 Å². The smallest absolute Gasteiger partial charge is 0.349 e. The number of nitrogens with one attached hydrogen (secondary N) is 1. The minimum atomic E-state index is -0.621. The molecule has 4 rings (SSSR count). The van der Waals surface area contributed by atoms with Crippen molar-refractivity contribution in [3.8, 4) is 0 Å². The highest BCUT2D eigenvalue weighted by atomic mass is 32.1. The molecule has 28 heavy (non-hydrogen) atoms. The van der Waals surface area contributed by atoms with Gasteiger partial charge in [0, 0.05) is 27.1 Å². The highest BCUT2D eigenvalue weighted by molar-refractivity contribution is 7.12. The molecule has 1 unspecified atom stereocenters. The van der Waals surface area contributed by atoms with Crippen LogP contribution in [0.25, 0.3) is 11.0 Å². The molecule has 1 fully saturated rings. The Balaban J connectivity index is 1.57. The first-order valence-electron chi connectivity index (χ1n) is 9.58. The lowest BCUT2D eigenvalue weighted by Gasteiger charge is -2.28. The molecule has 0 aliphatic heterocycles. The van der Waals surface area contributed by atoms with Gasteiger partial charge in [-0.3, -0.25) is 4.79 Å². The number of para-hydroxylation sites is 1. The number of amides is 1. The summed E-state index contributed by atoms with van der Waals surface area (Å²) >= 11 is 1.61. The Morgan fingerprint density at radius 1 is 1.25 bits per heavy atom. The van der Waals surface area contributed by atoms with Crippen molar-refractivity contribution in [3.63, 3.8) is 0 Å². The SMILES string of the molecule is CC(O)c1ccc(C2(CNC(=O)c3cc4ccccc4oc3=O)CCCC2)s1. The van der Waals surface area contributed by atoms with Crippen LogP contribution in [0.15, 0.2) is 51.7 Å². The van der Waals surface area contributed by atoms with Crippen molar-refractivity contribution >= 4 is 28.2 Å². The summed E-state index contributed by atoms with van der Waals surface area (Å²) in [5, 5.41) is 13.5. The molecule has 1 aliphatic rings. The third-order valence-electron chi connectivity index (χ3n) is 5.60. The predicted octanol–water partition coefficient (Wildman–Crippen LogP) is 4.15. The summed E-state index contributed by atoms with van der Waals surface area (Å²) in [7, 11) is 0. The number of hydrogen-bond acceptors (Lipinski definition) is 5. The van der Waals surface area contributed by atoms with Crippen molar-refractivity contribution in [1.82, 2.24) is 5.32 Å². The van der Waals surface area contributed by atoms with E-state index in [-0.39, 0.29) is 11.0 Å². The average molecular weight is 397 g/mol. The van der Waals surface area contributed by atoms with Gasteiger partial charge in [-0.1, -0.05) is 31.0 Å². The van der Waals surface area contributed by atoms with Crippen molar-refractivity contribution < 1.29 is 14.3 Å². The Morgan fingerprint density at radius 2 is 2.00 bits per heavy atom. The quantitative estimate of drug-likeness (QED) is 0.634. The zero-order chi connectivity index (χ0) is 19.7. The lowest BCUT2D eigenvalue weighted by Crippen LogP contribution is -2.39. The number of hydrogen-bond donors (Lipinski definition) is 2. The second-order valence-corrected chi connectivity index (χ2v) is 8.65. The molecule has 0 radical (unpaired) electrons. The van der Waals surface area contributed by atoms with Crippen LogP contribution in [0.3, 0.4) is 0 Å². The predicted molar refractivity (Wildman–Crippen MR) is 110 cm³/mol. The molecular formula is C22H23NO4S. The van der Waals surface area contributed by atoms with Crippen LogP contribution in [-0.2, 0) is 5.41 Å². The molecule has 3 aromatic rings. The van der Waals surface area contributed by atoms with Crippen molar-refractivity contribution in [2.45, 2.75) is 44.1 Å². The number of thiophene rings is 1. The summed E-state index contributed by atoms with van der Waals surface area (Å²) in [6, 6.07) is 12.8. The average Bonchev–Trinajstić information content (AvgIpc) is 3.36. The Labute approximate surface area is 167 Å². The number of aliphatic hydroxyl groups is 1. The molecule has 1 atom stereocenters. The molecule has 2 heterocycles. The standard InChI is InChI=1S/C22H23NO4S/c1-14(24)18-8-9-19(28-18)22(10-4-5-11-22)13-23-20(25)16-12-15-6-2-3-7-17(15)27-21(16)26/h2-3,6-9,12,14,24H,4-5,10-11,13H2,1H3,(H,23,25). The van der Waals surface area contributed by atoms with Crippen LogP contribution in [0, 0.1) is 0 Å². The molecule has 2 N–H and O–H groups in total. The van der Waals surface area contributed by atoms with Crippen LogP contribution in [0.5, 0.6) is 0 Å². The largest absolute Gasteiger partial charge is 0.422 e. The van der Waals surface area contributed by atoms with E-state index >= 15 is 0 Å². The number of rotatable bonds is 5. The lowest BCUT2D eigenvalue weighted by atomic mass is 9.84. The molecule has 146 valence electrons. The van der Waals surface area contributed by atoms with Crippen molar-refractivity contribution in [2.24, 2.45) is 0 Å². The second kappa shape index (κ2) is 7.53. The Hall–Kier alpha value is -2.44. The van der Waals surface area contributed by atoms with Gasteiger partial charge in [-0.05, 0) is 44.0 Å². The summed E-state index contributed by atoms with van der Waals surface area (Å²) in [6.45, 7) is 2.23. The van der Waals surface area contributed by atoms with Gasteiger partial charge in [-0.15, -0.1) is 11.3 Å². The van der Waals surface area contributed by atoms with Crippen molar-refractivity contribution in [2.75, 3.05) is 6.54 Å². The van der Waals surface area contributed by atoms with Gasteiger partial charge >= 0.3 is 5.63 Å². The summed E-state index contributed by atoms with van der Waals surface area (Å²) < 4.78 is 5.28. The Bertz CT molecular complexity index is 1060. The molecule has 1 aromatic carbocycles. The maximum Gasteiger partial charge on any atom is 0.349 e. The van der Waals surface area contributed by atoms with E-state index in [0.717, 1.165) is 35.9 Å². The fourth-order valence-electron chi connectivity index (χ4n) is 3.99. The zero-order valence-corrected chi connectivity index (χ0v) is 16.6. The summed E-state index contributed by atoms with van der Waals surface area (Å²) in [6.07, 6.45) is 3.69. The minimum Gasteiger partial charge on any atom is -0.422 e. The molecule has 2 aromatic heterocycles. The molecular weight excluding hydrogens is 374 g/mol. The van der Waals surface area contributed by atoms with Crippen LogP contribution in [0.2, 0.25) is 0 Å². The maximum atomic E-state index is 12.7. The monoisotopic (exact) mass is 397 g/mol. The first-order valence-corrected chi connectivity index (χ1v) is 10.4. The Kier molecular flexibility index (Phi) is 5.08. The van der Waals surface area contributed by atoms with Gasteiger partial charge in [0.25, 0.3) is 5.91 Å². The highest BCUT2D eigenvalue weighted by Crippen LogP contribution is 2.44. The van der Waals surface area contributed by atoms with E-state index in [4.69, 9.17) is 4.42 Å². The fraction of sp³-hybridized carbons (Fsp3) is 0.364. The number of aliphatic hydroxyl groups excluding tert-OH is 1. The van der Waals surface area contributed by atoms with Crippen molar-refractivity contribution in [1.29, 1.82) is 0 Å². The van der Waals surface area contributed by atoms with Crippen LogP contribution in [0.1, 0.15) is 58.8 Å². The number of benzene rings is 1. The molecule has 5 nitrogen and oxygen atoms in total. The second-order valence-electron chi connectivity index (χ2n) is 7.53. The van der Waals surface area contributed by atoms with Crippen molar-refractivity contribution in [3.05, 3.63) is 68.2 Å². The van der Waals surface area contributed by atoms with Gasteiger partial charge in [0.1, 0.15) is 11.1 Å². The summed E-state index contributed by atoms with van der Waals surface area (Å²) in [5.41, 5.74) is -0.253. The number of carbonyl (C=O) groups is 1. The van der Waals surface area contributed by atoms with E-state index in [1.54, 1.807) is 36.5 Å². The van der Waals surface area contributed by atoms with Gasteiger partial charge in [-0.25, -0.2) is 4.79 Å². The normalized spacial score (nSPS) is 16.9. The van der Waals surface area contributed by atoms with Crippen LogP contribution in [0.4, 0.5) is 0 Å². The van der Waals surface area contributed by atoms with Crippen LogP contribution < -0.4 is 10.9 Å².